The van der Waals surface area contributed by atoms with Crippen molar-refractivity contribution in [3.63, 3.8) is 0 Å². The molecule has 0 bridgehead atoms. The van der Waals surface area contributed by atoms with E-state index in [1.807, 2.05) is 0 Å². The van der Waals surface area contributed by atoms with E-state index in [2.05, 4.69) is 0 Å². The first-order valence-corrected chi connectivity index (χ1v) is 6.21. The van der Waals surface area contributed by atoms with Gasteiger partial charge in [-0.05, 0) is 24.3 Å². The molecule has 0 aliphatic heterocycles. The largest absolute Gasteiger partial charge is 0.490 e. The highest BCUT2D eigenvalue weighted by Crippen LogP contribution is 2.15. The van der Waals surface area contributed by atoms with E-state index in [0.717, 1.165) is 18.2 Å². The van der Waals surface area contributed by atoms with Crippen LogP contribution in [0, 0.1) is 17.0 Å². The van der Waals surface area contributed by atoms with Gasteiger partial charge in [0.05, 0.1) is 0 Å². The standard InChI is InChI=1S/C15H14F2N2O2/c16-11-7-12(17)9-14(8-11)21-6-5-20-13-3-1-10(2-4-13)15(18)19/h1-4,7-9H,5-6H2,(H3,18,19). The molecule has 0 unspecified atom stereocenters. The van der Waals surface area contributed by atoms with Gasteiger partial charge in [0, 0.05) is 23.8 Å². The van der Waals surface area contributed by atoms with Crippen molar-refractivity contribution in [2.24, 2.45) is 5.73 Å². The SMILES string of the molecule is N=C(N)c1ccc(OCCOc2cc(F)cc(F)c2)cc1. The van der Waals surface area contributed by atoms with Crippen molar-refractivity contribution in [3.05, 3.63) is 59.7 Å². The molecule has 6 heteroatoms. The highest BCUT2D eigenvalue weighted by Gasteiger charge is 2.02. The van der Waals surface area contributed by atoms with E-state index in [-0.39, 0.29) is 24.8 Å². The summed E-state index contributed by atoms with van der Waals surface area (Å²) >= 11 is 0. The Balaban J connectivity index is 1.80. The monoisotopic (exact) mass is 292 g/mol. The normalized spacial score (nSPS) is 10.2. The van der Waals surface area contributed by atoms with Crippen LogP contribution in [-0.4, -0.2) is 19.0 Å². The average Bonchev–Trinajstić information content (AvgIpc) is 2.43. The molecule has 0 aliphatic rings. The molecule has 2 aromatic rings. The lowest BCUT2D eigenvalue weighted by Crippen LogP contribution is -2.11. The maximum atomic E-state index is 12.9. The van der Waals surface area contributed by atoms with Crippen molar-refractivity contribution in [2.75, 3.05) is 13.2 Å². The van der Waals surface area contributed by atoms with Gasteiger partial charge in [0.25, 0.3) is 0 Å². The summed E-state index contributed by atoms with van der Waals surface area (Å²) in [7, 11) is 0. The molecule has 21 heavy (non-hydrogen) atoms. The topological polar surface area (TPSA) is 68.3 Å². The molecule has 0 aliphatic carbocycles. The number of hydrogen-bond donors (Lipinski definition) is 2. The van der Waals surface area contributed by atoms with Gasteiger partial charge < -0.3 is 15.2 Å². The number of halogens is 2. The van der Waals surface area contributed by atoms with Crippen LogP contribution in [0.1, 0.15) is 5.56 Å². The molecule has 2 rings (SSSR count). The summed E-state index contributed by atoms with van der Waals surface area (Å²) in [5.74, 6) is -0.688. The second-order valence-electron chi connectivity index (χ2n) is 4.24. The van der Waals surface area contributed by atoms with E-state index in [0.29, 0.717) is 11.3 Å². The van der Waals surface area contributed by atoms with E-state index in [1.165, 1.54) is 0 Å². The van der Waals surface area contributed by atoms with Gasteiger partial charge in [-0.2, -0.15) is 0 Å². The third-order valence-corrected chi connectivity index (χ3v) is 2.62. The van der Waals surface area contributed by atoms with Crippen LogP contribution in [0.3, 0.4) is 0 Å². The third kappa shape index (κ3) is 4.45. The second kappa shape index (κ2) is 6.69. The Bertz CT molecular complexity index is 610. The smallest absolute Gasteiger partial charge is 0.129 e. The van der Waals surface area contributed by atoms with Gasteiger partial charge in [-0.1, -0.05) is 0 Å². The van der Waals surface area contributed by atoms with E-state index in [4.69, 9.17) is 20.6 Å². The van der Waals surface area contributed by atoms with E-state index in [1.54, 1.807) is 24.3 Å². The zero-order valence-corrected chi connectivity index (χ0v) is 11.1. The van der Waals surface area contributed by atoms with Crippen LogP contribution in [0.25, 0.3) is 0 Å². The average molecular weight is 292 g/mol. The predicted molar refractivity (Wildman–Crippen MR) is 74.8 cm³/mol. The lowest BCUT2D eigenvalue weighted by molar-refractivity contribution is 0.216. The second-order valence-corrected chi connectivity index (χ2v) is 4.24. The Kier molecular flexibility index (Phi) is 4.71. The fourth-order valence-electron chi connectivity index (χ4n) is 1.66. The highest BCUT2D eigenvalue weighted by atomic mass is 19.1. The number of ether oxygens (including phenoxy) is 2. The first-order chi connectivity index (χ1) is 10.0. The molecule has 0 heterocycles. The zero-order chi connectivity index (χ0) is 15.2. The number of nitrogens with two attached hydrogens (primary N) is 1. The van der Waals surface area contributed by atoms with E-state index < -0.39 is 11.6 Å². The molecule has 0 saturated heterocycles. The van der Waals surface area contributed by atoms with E-state index >= 15 is 0 Å². The van der Waals surface area contributed by atoms with Gasteiger partial charge in [0.1, 0.15) is 42.2 Å². The van der Waals surface area contributed by atoms with Crippen LogP contribution in [0.2, 0.25) is 0 Å². The number of rotatable bonds is 6. The number of nitrogens with one attached hydrogen (secondary N) is 1. The van der Waals surface area contributed by atoms with Gasteiger partial charge >= 0.3 is 0 Å². The molecule has 3 N–H and O–H groups in total. The fourth-order valence-corrected chi connectivity index (χ4v) is 1.66. The Hall–Kier alpha value is -2.63. The molecule has 0 atom stereocenters. The van der Waals surface area contributed by atoms with Crippen molar-refractivity contribution in [1.29, 1.82) is 5.41 Å². The van der Waals surface area contributed by atoms with Crippen LogP contribution in [0.15, 0.2) is 42.5 Å². The molecule has 0 aromatic heterocycles. The van der Waals surface area contributed by atoms with Crippen LogP contribution >= 0.6 is 0 Å². The Morgan fingerprint density at radius 2 is 1.43 bits per heavy atom. The molecule has 0 amide bonds. The highest BCUT2D eigenvalue weighted by molar-refractivity contribution is 5.94. The lowest BCUT2D eigenvalue weighted by atomic mass is 10.2. The quantitative estimate of drug-likeness (QED) is 0.488. The molecule has 0 spiro atoms. The fraction of sp³-hybridized carbons (Fsp3) is 0.133. The van der Waals surface area contributed by atoms with Crippen molar-refractivity contribution >= 4 is 5.84 Å². The Morgan fingerprint density at radius 3 is 1.95 bits per heavy atom. The maximum absolute atomic E-state index is 12.9. The first-order valence-electron chi connectivity index (χ1n) is 6.21. The summed E-state index contributed by atoms with van der Waals surface area (Å²) in [4.78, 5) is 0. The molecular weight excluding hydrogens is 278 g/mol. The molecule has 110 valence electrons. The number of benzene rings is 2. The van der Waals surface area contributed by atoms with Gasteiger partial charge in [0.15, 0.2) is 0 Å². The van der Waals surface area contributed by atoms with Crippen LogP contribution in [-0.2, 0) is 0 Å². The Labute approximate surface area is 120 Å². The number of hydrogen-bond acceptors (Lipinski definition) is 3. The molecule has 0 fully saturated rings. The number of amidine groups is 1. The Morgan fingerprint density at radius 1 is 0.905 bits per heavy atom. The van der Waals surface area contributed by atoms with Gasteiger partial charge in [0.2, 0.25) is 0 Å². The molecule has 0 radical (unpaired) electrons. The summed E-state index contributed by atoms with van der Waals surface area (Å²) < 4.78 is 36.4. The van der Waals surface area contributed by atoms with E-state index in [9.17, 15) is 8.78 Å². The van der Waals surface area contributed by atoms with Crippen LogP contribution < -0.4 is 15.2 Å². The van der Waals surface area contributed by atoms with Crippen LogP contribution in [0.4, 0.5) is 8.78 Å². The summed E-state index contributed by atoms with van der Waals surface area (Å²) in [5.41, 5.74) is 5.94. The summed E-state index contributed by atoms with van der Waals surface area (Å²) in [6, 6.07) is 9.67. The minimum atomic E-state index is -0.689. The summed E-state index contributed by atoms with van der Waals surface area (Å²) in [6.45, 7) is 0.370. The predicted octanol–water partition coefficient (Wildman–Crippen LogP) is 2.71. The van der Waals surface area contributed by atoms with Gasteiger partial charge in [-0.3, -0.25) is 5.41 Å². The van der Waals surface area contributed by atoms with Crippen molar-refractivity contribution < 1.29 is 18.3 Å². The van der Waals surface area contributed by atoms with Crippen molar-refractivity contribution in [1.82, 2.24) is 0 Å². The summed E-state index contributed by atoms with van der Waals surface area (Å²) in [5, 5.41) is 7.26. The van der Waals surface area contributed by atoms with Gasteiger partial charge in [-0.15, -0.1) is 0 Å². The molecular formula is C15H14F2N2O2. The third-order valence-electron chi connectivity index (χ3n) is 2.62. The van der Waals surface area contributed by atoms with Crippen molar-refractivity contribution in [2.45, 2.75) is 0 Å². The first kappa shape index (κ1) is 14.8. The minimum Gasteiger partial charge on any atom is -0.490 e. The zero-order valence-electron chi connectivity index (χ0n) is 11.1. The molecule has 4 nitrogen and oxygen atoms in total. The van der Waals surface area contributed by atoms with Crippen molar-refractivity contribution in [3.8, 4) is 11.5 Å². The van der Waals surface area contributed by atoms with Gasteiger partial charge in [-0.25, -0.2) is 8.78 Å². The maximum Gasteiger partial charge on any atom is 0.129 e. The summed E-state index contributed by atoms with van der Waals surface area (Å²) in [6.07, 6.45) is 0. The minimum absolute atomic E-state index is 0.0157. The molecule has 2 aromatic carbocycles. The molecule has 0 saturated carbocycles. The number of nitrogen functional groups attached to an aromatic ring is 1. The van der Waals surface area contributed by atoms with Crippen LogP contribution in [0.5, 0.6) is 11.5 Å². The lowest BCUT2D eigenvalue weighted by Gasteiger charge is -2.09.